The molecule has 1 rings (SSSR count). The van der Waals surface area contributed by atoms with Gasteiger partial charge in [-0.25, -0.2) is 17.9 Å². The zero-order chi connectivity index (χ0) is 11.5. The molecule has 0 saturated carbocycles. The van der Waals surface area contributed by atoms with Crippen LogP contribution in [0.5, 0.6) is 0 Å². The highest BCUT2D eigenvalue weighted by Crippen LogP contribution is 2.20. The van der Waals surface area contributed by atoms with Gasteiger partial charge in [0.2, 0.25) is 10.0 Å². The number of carbonyl (C=O) groups is 1. The Morgan fingerprint density at radius 1 is 1.47 bits per heavy atom. The molecule has 0 saturated heterocycles. The van der Waals surface area contributed by atoms with E-state index in [1.807, 2.05) is 0 Å². The highest BCUT2D eigenvalue weighted by Gasteiger charge is 2.17. The fraction of sp³-hybridized carbons (Fsp3) is 0.286. The maximum Gasteiger partial charge on any atom is 0.345 e. The van der Waals surface area contributed by atoms with Gasteiger partial charge < -0.3 is 10.2 Å². The minimum atomic E-state index is -3.69. The smallest absolute Gasteiger partial charge is 0.345 e. The quantitative estimate of drug-likeness (QED) is 0.667. The Labute approximate surface area is 90.2 Å². The van der Waals surface area contributed by atoms with Crippen molar-refractivity contribution in [1.82, 2.24) is 4.72 Å². The molecule has 0 aliphatic heterocycles. The fourth-order valence-corrected chi connectivity index (χ4v) is 3.04. The van der Waals surface area contributed by atoms with Crippen LogP contribution in [-0.2, 0) is 10.0 Å². The Hall–Kier alpha value is -0.960. The summed E-state index contributed by atoms with van der Waals surface area (Å²) in [5, 5.41) is 17.0. The number of hydrogen-bond donors (Lipinski definition) is 3. The molecule has 0 aromatic carbocycles. The second kappa shape index (κ2) is 4.71. The van der Waals surface area contributed by atoms with Gasteiger partial charge in [-0.3, -0.25) is 0 Å². The number of sulfonamides is 1. The van der Waals surface area contributed by atoms with Gasteiger partial charge in [0.1, 0.15) is 9.09 Å². The predicted molar refractivity (Wildman–Crippen MR) is 53.6 cm³/mol. The van der Waals surface area contributed by atoms with E-state index in [2.05, 4.69) is 4.72 Å². The van der Waals surface area contributed by atoms with E-state index in [0.29, 0.717) is 11.3 Å². The Morgan fingerprint density at radius 3 is 2.60 bits per heavy atom. The first-order chi connectivity index (χ1) is 6.97. The molecule has 0 fully saturated rings. The summed E-state index contributed by atoms with van der Waals surface area (Å²) in [5.41, 5.74) is 0. The van der Waals surface area contributed by atoms with Gasteiger partial charge in [0.05, 0.1) is 6.61 Å². The van der Waals surface area contributed by atoms with Crippen molar-refractivity contribution < 1.29 is 23.4 Å². The van der Waals surface area contributed by atoms with Gasteiger partial charge in [0.15, 0.2) is 0 Å². The van der Waals surface area contributed by atoms with E-state index in [9.17, 15) is 13.2 Å². The maximum atomic E-state index is 11.4. The molecule has 6 nitrogen and oxygen atoms in total. The summed E-state index contributed by atoms with van der Waals surface area (Å²) in [4.78, 5) is 10.5. The summed E-state index contributed by atoms with van der Waals surface area (Å²) in [6, 6.07) is 2.44. The Kier molecular flexibility index (Phi) is 3.80. The van der Waals surface area contributed by atoms with Crippen LogP contribution < -0.4 is 4.72 Å². The molecular formula is C7H9NO5S2. The van der Waals surface area contributed by atoms with Crippen molar-refractivity contribution in [2.75, 3.05) is 13.2 Å². The number of aliphatic hydroxyl groups excluding tert-OH is 1. The number of rotatable bonds is 5. The van der Waals surface area contributed by atoms with Crippen molar-refractivity contribution in [2.24, 2.45) is 0 Å². The van der Waals surface area contributed by atoms with Crippen LogP contribution in [0.2, 0.25) is 0 Å². The maximum absolute atomic E-state index is 11.4. The minimum absolute atomic E-state index is 0.0422. The van der Waals surface area contributed by atoms with Crippen molar-refractivity contribution in [2.45, 2.75) is 4.21 Å². The predicted octanol–water partition coefficient (Wildman–Crippen LogP) is -0.283. The van der Waals surface area contributed by atoms with Crippen LogP contribution in [0, 0.1) is 0 Å². The highest BCUT2D eigenvalue weighted by atomic mass is 32.2. The molecule has 0 unspecified atom stereocenters. The SMILES string of the molecule is O=C(O)c1ccc(S(=O)(=O)NCCO)s1. The van der Waals surface area contributed by atoms with Crippen LogP contribution >= 0.6 is 11.3 Å². The number of aromatic carboxylic acids is 1. The van der Waals surface area contributed by atoms with Crippen LogP contribution in [0.4, 0.5) is 0 Å². The lowest BCUT2D eigenvalue weighted by atomic mass is 10.5. The van der Waals surface area contributed by atoms with Crippen molar-refractivity contribution in [3.8, 4) is 0 Å². The lowest BCUT2D eigenvalue weighted by molar-refractivity contribution is 0.0702. The molecule has 3 N–H and O–H groups in total. The van der Waals surface area contributed by atoms with E-state index in [1.165, 1.54) is 12.1 Å². The van der Waals surface area contributed by atoms with Crippen LogP contribution in [-0.4, -0.2) is 37.8 Å². The second-order valence-corrected chi connectivity index (χ2v) is 5.62. The molecular weight excluding hydrogens is 242 g/mol. The fourth-order valence-electron chi connectivity index (χ4n) is 0.831. The summed E-state index contributed by atoms with van der Waals surface area (Å²) in [7, 11) is -3.69. The number of thiophene rings is 1. The molecule has 0 radical (unpaired) electrons. The largest absolute Gasteiger partial charge is 0.477 e. The lowest BCUT2D eigenvalue weighted by Crippen LogP contribution is -2.25. The van der Waals surface area contributed by atoms with Gasteiger partial charge >= 0.3 is 5.97 Å². The van der Waals surface area contributed by atoms with Crippen molar-refractivity contribution in [3.63, 3.8) is 0 Å². The molecule has 0 amide bonds. The molecule has 1 aromatic heterocycles. The third-order valence-electron chi connectivity index (χ3n) is 1.46. The molecule has 1 heterocycles. The van der Waals surface area contributed by atoms with Gasteiger partial charge in [-0.1, -0.05) is 0 Å². The number of carboxylic acid groups (broad SMARTS) is 1. The van der Waals surface area contributed by atoms with Crippen molar-refractivity contribution in [1.29, 1.82) is 0 Å². The molecule has 1 aromatic rings. The Balaban J connectivity index is 2.91. The van der Waals surface area contributed by atoms with Crippen molar-refractivity contribution in [3.05, 3.63) is 17.0 Å². The molecule has 0 atom stereocenters. The molecule has 0 spiro atoms. The number of hydrogen-bond acceptors (Lipinski definition) is 5. The van der Waals surface area contributed by atoms with E-state index < -0.39 is 16.0 Å². The summed E-state index contributed by atoms with van der Waals surface area (Å²) < 4.78 is 24.9. The zero-order valence-corrected chi connectivity index (χ0v) is 9.14. The first kappa shape index (κ1) is 12.1. The van der Waals surface area contributed by atoms with Crippen LogP contribution in [0.1, 0.15) is 9.67 Å². The molecule has 8 heteroatoms. The van der Waals surface area contributed by atoms with E-state index >= 15 is 0 Å². The van der Waals surface area contributed by atoms with Crippen LogP contribution in [0.15, 0.2) is 16.3 Å². The first-order valence-corrected chi connectivity index (χ1v) is 6.21. The average molecular weight is 251 g/mol. The monoisotopic (exact) mass is 251 g/mol. The number of nitrogens with one attached hydrogen (secondary N) is 1. The molecule has 15 heavy (non-hydrogen) atoms. The van der Waals surface area contributed by atoms with Gasteiger partial charge in [-0.05, 0) is 12.1 Å². The van der Waals surface area contributed by atoms with E-state index in [0.717, 1.165) is 0 Å². The van der Waals surface area contributed by atoms with E-state index in [4.69, 9.17) is 10.2 Å². The molecule has 0 aliphatic carbocycles. The normalized spacial score (nSPS) is 11.5. The molecule has 84 valence electrons. The highest BCUT2D eigenvalue weighted by molar-refractivity contribution is 7.91. The summed E-state index contributed by atoms with van der Waals surface area (Å²) in [6.45, 7) is -0.404. The van der Waals surface area contributed by atoms with Crippen LogP contribution in [0.3, 0.4) is 0 Å². The van der Waals surface area contributed by atoms with Crippen LogP contribution in [0.25, 0.3) is 0 Å². The van der Waals surface area contributed by atoms with E-state index in [1.54, 1.807) is 0 Å². The van der Waals surface area contributed by atoms with E-state index in [-0.39, 0.29) is 22.2 Å². The Morgan fingerprint density at radius 2 is 2.13 bits per heavy atom. The number of aliphatic hydroxyl groups is 1. The minimum Gasteiger partial charge on any atom is -0.477 e. The first-order valence-electron chi connectivity index (χ1n) is 3.91. The standard InChI is InChI=1S/C7H9NO5S2/c9-4-3-8-15(12,13)6-2-1-5(14-6)7(10)11/h1-2,8-9H,3-4H2,(H,10,11). The number of carboxylic acids is 1. The van der Waals surface area contributed by atoms with Gasteiger partial charge in [-0.15, -0.1) is 11.3 Å². The molecule has 0 aliphatic rings. The van der Waals surface area contributed by atoms with Crippen molar-refractivity contribution >= 4 is 27.3 Å². The average Bonchev–Trinajstić information content (AvgIpc) is 2.64. The Bertz CT molecular complexity index is 450. The molecule has 0 bridgehead atoms. The summed E-state index contributed by atoms with van der Waals surface area (Å²) >= 11 is 0.667. The topological polar surface area (TPSA) is 104 Å². The summed E-state index contributed by atoms with van der Waals surface area (Å²) in [6.07, 6.45) is 0. The van der Waals surface area contributed by atoms with Gasteiger partial charge in [0.25, 0.3) is 0 Å². The third kappa shape index (κ3) is 2.99. The van der Waals surface area contributed by atoms with Gasteiger partial charge in [-0.2, -0.15) is 0 Å². The lowest BCUT2D eigenvalue weighted by Gasteiger charge is -2.00. The second-order valence-electron chi connectivity index (χ2n) is 2.55. The van der Waals surface area contributed by atoms with Gasteiger partial charge in [0, 0.05) is 6.54 Å². The third-order valence-corrected chi connectivity index (χ3v) is 4.49. The zero-order valence-electron chi connectivity index (χ0n) is 7.50. The summed E-state index contributed by atoms with van der Waals surface area (Å²) in [5.74, 6) is -1.16.